The first kappa shape index (κ1) is 36.4. The van der Waals surface area contributed by atoms with E-state index >= 15 is 0 Å². The number of rotatable bonds is 13. The van der Waals surface area contributed by atoms with Crippen molar-refractivity contribution in [2.45, 2.75) is 44.2 Å². The minimum absolute atomic E-state index is 0.128. The van der Waals surface area contributed by atoms with Gasteiger partial charge in [0.05, 0.1) is 62.0 Å². The third-order valence-electron chi connectivity index (χ3n) is 10.5. The lowest BCUT2D eigenvalue weighted by atomic mass is 10.0. The topological polar surface area (TPSA) is 135 Å². The third-order valence-corrected chi connectivity index (χ3v) is 10.5. The van der Waals surface area contributed by atoms with Gasteiger partial charge in [0.1, 0.15) is 5.75 Å². The summed E-state index contributed by atoms with van der Waals surface area (Å²) in [6.45, 7) is 0.883. The first-order valence-corrected chi connectivity index (χ1v) is 18.8. The number of hydrogen-bond donors (Lipinski definition) is 2. The Hall–Kier alpha value is -6.56. The highest BCUT2D eigenvalue weighted by molar-refractivity contribution is 6.06. The predicted octanol–water partition coefficient (Wildman–Crippen LogP) is 8.02. The van der Waals surface area contributed by atoms with Crippen LogP contribution < -0.4 is 24.3 Å². The first-order valence-electron chi connectivity index (χ1n) is 18.8. The van der Waals surface area contributed by atoms with Crippen LogP contribution >= 0.6 is 0 Å². The molecule has 0 bridgehead atoms. The van der Waals surface area contributed by atoms with Crippen molar-refractivity contribution in [1.29, 1.82) is 0 Å². The zero-order valence-electron chi connectivity index (χ0n) is 31.5. The zero-order valence-corrected chi connectivity index (χ0v) is 31.5. The summed E-state index contributed by atoms with van der Waals surface area (Å²) in [6.07, 6.45) is 11.1. The van der Waals surface area contributed by atoms with E-state index < -0.39 is 0 Å². The van der Waals surface area contributed by atoms with Gasteiger partial charge in [-0.15, -0.1) is 0 Å². The van der Waals surface area contributed by atoms with E-state index in [4.69, 9.17) is 23.9 Å². The van der Waals surface area contributed by atoms with Crippen molar-refractivity contribution in [3.63, 3.8) is 0 Å². The number of aliphatic imine (C=N–C) groups is 2. The van der Waals surface area contributed by atoms with Gasteiger partial charge < -0.3 is 39.2 Å². The molecule has 0 radical (unpaired) electrons. The van der Waals surface area contributed by atoms with Crippen LogP contribution in [-0.2, 0) is 0 Å². The number of nitrogens with one attached hydrogen (secondary N) is 1. The first-order chi connectivity index (χ1) is 27.3. The number of anilines is 1. The maximum absolute atomic E-state index is 13.7. The van der Waals surface area contributed by atoms with Crippen LogP contribution in [0.2, 0.25) is 0 Å². The third kappa shape index (κ3) is 7.17. The highest BCUT2D eigenvalue weighted by Gasteiger charge is 2.35. The summed E-state index contributed by atoms with van der Waals surface area (Å²) in [5.74, 6) is 1.90. The predicted molar refractivity (Wildman–Crippen MR) is 216 cm³/mol. The molecule has 12 heteroatoms. The van der Waals surface area contributed by atoms with Gasteiger partial charge >= 0.3 is 0 Å². The number of hydrogen-bond acceptors (Lipinski definition) is 10. The molecular formula is C44H43N5O7. The maximum atomic E-state index is 13.7. The van der Waals surface area contributed by atoms with Gasteiger partial charge in [-0.2, -0.15) is 0 Å². The van der Waals surface area contributed by atoms with Gasteiger partial charge in [-0.3, -0.25) is 19.6 Å². The monoisotopic (exact) mass is 753 g/mol. The van der Waals surface area contributed by atoms with Crippen molar-refractivity contribution in [3.8, 4) is 28.7 Å². The number of carbonyl (C=O) groups is 2. The second-order valence-electron chi connectivity index (χ2n) is 14.0. The molecule has 0 saturated heterocycles. The van der Waals surface area contributed by atoms with Crippen LogP contribution in [0.3, 0.4) is 0 Å². The normalized spacial score (nSPS) is 17.9. The number of phenols is 1. The fourth-order valence-corrected chi connectivity index (χ4v) is 7.41. The number of ether oxygens (including phenoxy) is 4. The van der Waals surface area contributed by atoms with E-state index in [1.165, 1.54) is 0 Å². The van der Waals surface area contributed by atoms with Crippen LogP contribution in [0.5, 0.6) is 28.7 Å². The van der Waals surface area contributed by atoms with E-state index in [9.17, 15) is 14.7 Å². The number of phenolic OH excluding ortho intramolecular Hbond substituents is 1. The summed E-state index contributed by atoms with van der Waals surface area (Å²) in [6, 6.07) is 21.7. The zero-order chi connectivity index (χ0) is 38.8. The van der Waals surface area contributed by atoms with Crippen molar-refractivity contribution in [3.05, 3.63) is 107 Å². The molecule has 0 saturated carbocycles. The highest BCUT2D eigenvalue weighted by Crippen LogP contribution is 2.42. The molecule has 286 valence electrons. The minimum atomic E-state index is -0.214. The molecule has 4 aromatic rings. The Labute approximate surface area is 325 Å². The molecule has 4 aliphatic heterocycles. The smallest absolute Gasteiger partial charge is 0.260 e. The van der Waals surface area contributed by atoms with E-state index in [1.807, 2.05) is 49.9 Å². The molecule has 0 unspecified atom stereocenters. The number of carbonyl (C=O) groups excluding carboxylic acids is 2. The molecule has 56 heavy (non-hydrogen) atoms. The van der Waals surface area contributed by atoms with Crippen molar-refractivity contribution < 1.29 is 33.6 Å². The van der Waals surface area contributed by atoms with Crippen LogP contribution in [0.15, 0.2) is 95.2 Å². The number of benzene rings is 4. The molecule has 4 aromatic carbocycles. The van der Waals surface area contributed by atoms with Crippen LogP contribution in [0.1, 0.15) is 63.9 Å². The summed E-state index contributed by atoms with van der Waals surface area (Å²) in [4.78, 5) is 40.2. The number of nitrogens with zero attached hydrogens (tertiary/aromatic N) is 4. The second-order valence-corrected chi connectivity index (χ2v) is 14.0. The molecule has 12 nitrogen and oxygen atoms in total. The summed E-state index contributed by atoms with van der Waals surface area (Å²) >= 11 is 0. The Morgan fingerprint density at radius 3 is 1.57 bits per heavy atom. The number of amides is 2. The molecular weight excluding hydrogens is 711 g/mol. The van der Waals surface area contributed by atoms with Crippen LogP contribution in [0, 0.1) is 0 Å². The fraction of sp³-hybridized carbons (Fsp3) is 0.273. The van der Waals surface area contributed by atoms with E-state index in [-0.39, 0.29) is 29.6 Å². The van der Waals surface area contributed by atoms with Crippen LogP contribution in [-0.4, -0.2) is 85.7 Å². The van der Waals surface area contributed by atoms with Gasteiger partial charge in [0, 0.05) is 62.5 Å². The van der Waals surface area contributed by atoms with Crippen molar-refractivity contribution in [1.82, 2.24) is 9.80 Å². The molecule has 2 N–H and O–H groups in total. The highest BCUT2D eigenvalue weighted by atomic mass is 16.5. The number of aromatic hydroxyl groups is 1. The lowest BCUT2D eigenvalue weighted by Crippen LogP contribution is -2.32. The summed E-state index contributed by atoms with van der Waals surface area (Å²) in [5.41, 5.74) is 7.14. The van der Waals surface area contributed by atoms with E-state index in [0.717, 1.165) is 47.2 Å². The lowest BCUT2D eigenvalue weighted by Gasteiger charge is -2.19. The van der Waals surface area contributed by atoms with Crippen molar-refractivity contribution in [2.24, 2.45) is 9.98 Å². The molecule has 8 rings (SSSR count). The van der Waals surface area contributed by atoms with Gasteiger partial charge in [-0.05, 0) is 77.9 Å². The van der Waals surface area contributed by atoms with E-state index in [2.05, 4.69) is 22.4 Å². The Balaban J connectivity index is 0.849. The van der Waals surface area contributed by atoms with Crippen LogP contribution in [0.25, 0.3) is 11.1 Å². The molecule has 0 aliphatic carbocycles. The Morgan fingerprint density at radius 2 is 1.12 bits per heavy atom. The average Bonchev–Trinajstić information content (AvgIpc) is 3.80. The van der Waals surface area contributed by atoms with E-state index in [1.54, 1.807) is 66.6 Å². The average molecular weight is 754 g/mol. The summed E-state index contributed by atoms with van der Waals surface area (Å²) in [7, 11) is 5.01. The molecule has 2 atom stereocenters. The molecule has 0 fully saturated rings. The van der Waals surface area contributed by atoms with Crippen LogP contribution in [0.4, 0.5) is 17.1 Å². The Kier molecular flexibility index (Phi) is 10.2. The minimum Gasteiger partial charge on any atom is -0.508 e. The quantitative estimate of drug-likeness (QED) is 0.131. The second kappa shape index (κ2) is 15.7. The maximum Gasteiger partial charge on any atom is 0.260 e. The van der Waals surface area contributed by atoms with Gasteiger partial charge in [-0.1, -0.05) is 24.3 Å². The number of fused-ring (bicyclic) bond motifs is 4. The van der Waals surface area contributed by atoms with Gasteiger partial charge in [0.25, 0.3) is 11.8 Å². The molecule has 0 spiro atoms. The van der Waals surface area contributed by atoms with Crippen molar-refractivity contribution in [2.75, 3.05) is 39.8 Å². The standard InChI is InChI=1S/C44H43N5O7/c1-45-31-11-7-27(8-12-31)29-17-32-23-46-37-21-41(39(53-2)19-35(37)43(51)48(32)25-29)55-15-5-4-6-16-56-42-22-38-36(20-40(42)54-3)44(52)49-26-30(18-33(49)24-47-38)28-9-13-34(50)14-10-28/h7-14,19-26,32-33,45,50H,4-6,15-18H2,1-3H3/t32-,33-/m0/s1. The SMILES string of the molecule is CNc1ccc(C2=CN3C(=O)c4cc(OC)c(OCCCCCOc5cc6c(cc5OC)C(=O)N5C=C(c7ccc(O)cc7)C[C@H]5C=N6)cc4N=C[C@@H]3C2)cc1. The Morgan fingerprint density at radius 1 is 0.661 bits per heavy atom. The molecule has 4 aliphatic rings. The molecule has 4 heterocycles. The summed E-state index contributed by atoms with van der Waals surface area (Å²) in [5, 5.41) is 12.8. The fourth-order valence-electron chi connectivity index (χ4n) is 7.41. The van der Waals surface area contributed by atoms with E-state index in [0.29, 0.717) is 71.6 Å². The number of unbranched alkanes of at least 4 members (excludes halogenated alkanes) is 2. The van der Waals surface area contributed by atoms with Gasteiger partial charge in [0.15, 0.2) is 23.0 Å². The molecule has 0 aromatic heterocycles. The lowest BCUT2D eigenvalue weighted by molar-refractivity contribution is 0.0809. The van der Waals surface area contributed by atoms with Gasteiger partial charge in [-0.25, -0.2) is 0 Å². The summed E-state index contributed by atoms with van der Waals surface area (Å²) < 4.78 is 23.6. The van der Waals surface area contributed by atoms with Crippen molar-refractivity contribution >= 4 is 52.5 Å². The number of methoxy groups -OCH3 is 2. The van der Waals surface area contributed by atoms with Gasteiger partial charge in [0.2, 0.25) is 0 Å². The molecule has 2 amide bonds. The Bertz CT molecular complexity index is 2280. The largest absolute Gasteiger partial charge is 0.508 e.